The molecule has 2 heterocycles. The number of non-ortho nitro benzene ring substituents is 1. The van der Waals surface area contributed by atoms with Gasteiger partial charge in [-0.3, -0.25) is 24.6 Å². The molecule has 1 aliphatic heterocycles. The van der Waals surface area contributed by atoms with Gasteiger partial charge in [0.05, 0.1) is 24.8 Å². The van der Waals surface area contributed by atoms with Crippen LogP contribution in [0.2, 0.25) is 0 Å². The summed E-state index contributed by atoms with van der Waals surface area (Å²) in [6.45, 7) is 0.221. The lowest BCUT2D eigenvalue weighted by molar-refractivity contribution is -0.384. The van der Waals surface area contributed by atoms with Gasteiger partial charge in [-0.2, -0.15) is 0 Å². The van der Waals surface area contributed by atoms with E-state index in [2.05, 4.69) is 0 Å². The molecule has 0 bridgehead atoms. The molecule has 1 fully saturated rings. The third kappa shape index (κ3) is 5.02. The fourth-order valence-electron chi connectivity index (χ4n) is 4.57. The Bertz CT molecular complexity index is 1660. The molecule has 202 valence electrons. The van der Waals surface area contributed by atoms with Gasteiger partial charge in [-0.25, -0.2) is 0 Å². The maximum absolute atomic E-state index is 13.8. The second-order valence-corrected chi connectivity index (χ2v) is 9.33. The Hall–Kier alpha value is -5.03. The predicted molar refractivity (Wildman–Crippen MR) is 154 cm³/mol. The van der Waals surface area contributed by atoms with Crippen molar-refractivity contribution in [3.63, 3.8) is 0 Å². The van der Waals surface area contributed by atoms with Gasteiger partial charge in [0, 0.05) is 41.3 Å². The lowest BCUT2D eigenvalue weighted by Crippen LogP contribution is -2.35. The molecular formula is C29H24N4O6S. The van der Waals surface area contributed by atoms with Crippen molar-refractivity contribution < 1.29 is 24.0 Å². The number of carbonyl (C=O) groups is 2. The van der Waals surface area contributed by atoms with Gasteiger partial charge in [-0.05, 0) is 54.2 Å². The number of hydrogen-bond acceptors (Lipinski definition) is 7. The van der Waals surface area contributed by atoms with Crippen LogP contribution in [0.1, 0.15) is 11.1 Å². The van der Waals surface area contributed by atoms with Crippen molar-refractivity contribution in [1.29, 1.82) is 0 Å². The largest absolute Gasteiger partial charge is 0.497 e. The van der Waals surface area contributed by atoms with Gasteiger partial charge < -0.3 is 18.9 Å². The summed E-state index contributed by atoms with van der Waals surface area (Å²) in [6.07, 6.45) is 3.62. The number of thiocarbonyl (C=S) groups is 1. The van der Waals surface area contributed by atoms with Gasteiger partial charge >= 0.3 is 5.97 Å². The molecule has 1 saturated heterocycles. The number of nitro benzene ring substituents is 1. The molecular weight excluding hydrogens is 532 g/mol. The monoisotopic (exact) mass is 556 g/mol. The molecule has 1 aromatic heterocycles. The average Bonchev–Trinajstić information content (AvgIpc) is 3.42. The second kappa shape index (κ2) is 11.0. The van der Waals surface area contributed by atoms with Crippen LogP contribution < -0.4 is 9.64 Å². The fraction of sp³-hybridized carbons (Fsp3) is 0.138. The molecule has 40 heavy (non-hydrogen) atoms. The van der Waals surface area contributed by atoms with E-state index in [0.717, 1.165) is 22.0 Å². The number of nitro groups is 1. The van der Waals surface area contributed by atoms with Crippen LogP contribution in [0.5, 0.6) is 5.75 Å². The Labute approximate surface area is 234 Å². The van der Waals surface area contributed by atoms with Gasteiger partial charge in [0.1, 0.15) is 18.0 Å². The van der Waals surface area contributed by atoms with Crippen molar-refractivity contribution in [1.82, 2.24) is 9.47 Å². The van der Waals surface area contributed by atoms with Crippen LogP contribution >= 0.6 is 12.2 Å². The van der Waals surface area contributed by atoms with Gasteiger partial charge in [0.15, 0.2) is 5.11 Å². The van der Waals surface area contributed by atoms with Gasteiger partial charge in [0.25, 0.3) is 11.6 Å². The van der Waals surface area contributed by atoms with Crippen molar-refractivity contribution in [3.05, 3.63) is 106 Å². The van der Waals surface area contributed by atoms with E-state index >= 15 is 0 Å². The van der Waals surface area contributed by atoms with Crippen LogP contribution in [0.3, 0.4) is 0 Å². The van der Waals surface area contributed by atoms with Crippen molar-refractivity contribution in [2.75, 3.05) is 25.7 Å². The Balaban J connectivity index is 1.56. The van der Waals surface area contributed by atoms with Gasteiger partial charge in [-0.15, -0.1) is 0 Å². The average molecular weight is 557 g/mol. The van der Waals surface area contributed by atoms with E-state index in [1.807, 2.05) is 35.0 Å². The Morgan fingerprint density at radius 3 is 2.38 bits per heavy atom. The standard InChI is InChI=1S/C29H24N4O6S/c1-38-23-13-11-21(12-14-23)32-28(35)26(31(29(32)40)18-27(34)39-2)15-20-17-30(25-6-4-3-5-24(20)25)16-19-7-9-22(10-8-19)33(36)37/h3-15,17H,16,18H2,1-2H3/b26-15-. The molecule has 0 N–H and O–H groups in total. The number of carbonyl (C=O) groups excluding carboxylic acids is 2. The number of hydrogen-bond donors (Lipinski definition) is 0. The predicted octanol–water partition coefficient (Wildman–Crippen LogP) is 4.75. The van der Waals surface area contributed by atoms with E-state index in [1.54, 1.807) is 49.6 Å². The first-order valence-corrected chi connectivity index (χ1v) is 12.6. The molecule has 4 aromatic rings. The number of aromatic nitrogens is 1. The SMILES string of the molecule is COC(=O)CN1C(=S)N(c2ccc(OC)cc2)C(=O)/C1=C/c1cn(Cc2ccc([N+](=O)[O-])cc2)c2ccccc12. The smallest absolute Gasteiger partial charge is 0.325 e. The van der Waals surface area contributed by atoms with E-state index < -0.39 is 10.9 Å². The van der Waals surface area contributed by atoms with Gasteiger partial charge in [0.2, 0.25) is 0 Å². The van der Waals surface area contributed by atoms with E-state index in [1.165, 1.54) is 29.0 Å². The number of nitrogens with zero attached hydrogens (tertiary/aromatic N) is 4. The highest BCUT2D eigenvalue weighted by molar-refractivity contribution is 7.80. The zero-order chi connectivity index (χ0) is 28.4. The molecule has 10 nitrogen and oxygen atoms in total. The number of amides is 1. The minimum absolute atomic E-state index is 0.0226. The molecule has 5 rings (SSSR count). The Morgan fingerprint density at radius 2 is 1.73 bits per heavy atom. The number of rotatable bonds is 8. The molecule has 0 unspecified atom stereocenters. The summed E-state index contributed by atoms with van der Waals surface area (Å²) >= 11 is 5.66. The lowest BCUT2D eigenvalue weighted by Gasteiger charge is -2.19. The molecule has 11 heteroatoms. The molecule has 1 amide bonds. The van der Waals surface area contributed by atoms with E-state index in [9.17, 15) is 19.7 Å². The van der Waals surface area contributed by atoms with Crippen LogP contribution in [0, 0.1) is 10.1 Å². The summed E-state index contributed by atoms with van der Waals surface area (Å²) in [5, 5.41) is 12.1. The first kappa shape index (κ1) is 26.6. The molecule has 0 spiro atoms. The van der Waals surface area contributed by atoms with Crippen LogP contribution in [0.15, 0.2) is 84.7 Å². The zero-order valence-corrected chi connectivity index (χ0v) is 22.5. The molecule has 0 atom stereocenters. The third-order valence-electron chi connectivity index (χ3n) is 6.59. The maximum atomic E-state index is 13.8. The summed E-state index contributed by atoms with van der Waals surface area (Å²) in [5.41, 5.74) is 3.32. The quantitative estimate of drug-likeness (QED) is 0.101. The topological polar surface area (TPSA) is 107 Å². The van der Waals surface area contributed by atoms with E-state index in [-0.39, 0.29) is 28.9 Å². The zero-order valence-electron chi connectivity index (χ0n) is 21.6. The number of esters is 1. The number of ether oxygens (including phenoxy) is 2. The van der Waals surface area contributed by atoms with Crippen LogP contribution in [-0.2, 0) is 20.9 Å². The van der Waals surface area contributed by atoms with Crippen molar-refractivity contribution in [3.8, 4) is 5.75 Å². The molecule has 0 aliphatic carbocycles. The highest BCUT2D eigenvalue weighted by Crippen LogP contribution is 2.32. The Morgan fingerprint density at radius 1 is 1.02 bits per heavy atom. The minimum Gasteiger partial charge on any atom is -0.497 e. The summed E-state index contributed by atoms with van der Waals surface area (Å²) < 4.78 is 12.1. The molecule has 0 saturated carbocycles. The van der Waals surface area contributed by atoms with Crippen molar-refractivity contribution in [2.45, 2.75) is 6.54 Å². The van der Waals surface area contributed by atoms with E-state index in [0.29, 0.717) is 18.0 Å². The number of fused-ring (bicyclic) bond motifs is 1. The van der Waals surface area contributed by atoms with Gasteiger partial charge in [-0.1, -0.05) is 30.3 Å². The van der Waals surface area contributed by atoms with Crippen LogP contribution in [-0.4, -0.2) is 52.1 Å². The molecule has 3 aromatic carbocycles. The highest BCUT2D eigenvalue weighted by atomic mass is 32.1. The Kier molecular flexibility index (Phi) is 7.30. The second-order valence-electron chi connectivity index (χ2n) is 8.97. The summed E-state index contributed by atoms with van der Waals surface area (Å²) in [6, 6.07) is 21.0. The van der Waals surface area contributed by atoms with Crippen LogP contribution in [0.4, 0.5) is 11.4 Å². The third-order valence-corrected chi connectivity index (χ3v) is 7.00. The minimum atomic E-state index is -0.543. The first-order valence-electron chi connectivity index (χ1n) is 12.2. The maximum Gasteiger partial charge on any atom is 0.325 e. The molecule has 0 radical (unpaired) electrons. The fourth-order valence-corrected chi connectivity index (χ4v) is 4.93. The van der Waals surface area contributed by atoms with E-state index in [4.69, 9.17) is 21.7 Å². The first-order chi connectivity index (χ1) is 19.3. The number of anilines is 1. The normalized spacial score (nSPS) is 14.3. The lowest BCUT2D eigenvalue weighted by atomic mass is 10.1. The van der Waals surface area contributed by atoms with Crippen molar-refractivity contribution in [2.24, 2.45) is 0 Å². The summed E-state index contributed by atoms with van der Waals surface area (Å²) in [5.74, 6) is -0.297. The van der Waals surface area contributed by atoms with Crippen LogP contribution in [0.25, 0.3) is 17.0 Å². The number of methoxy groups -OCH3 is 2. The highest BCUT2D eigenvalue weighted by Gasteiger charge is 2.40. The number of benzene rings is 3. The summed E-state index contributed by atoms with van der Waals surface area (Å²) in [4.78, 5) is 39.5. The molecule has 1 aliphatic rings. The van der Waals surface area contributed by atoms with Crippen molar-refractivity contribution >= 4 is 57.6 Å². The number of para-hydroxylation sites is 1. The summed E-state index contributed by atoms with van der Waals surface area (Å²) in [7, 11) is 2.83.